The van der Waals surface area contributed by atoms with Gasteiger partial charge in [0, 0.05) is 37.1 Å². The molecule has 2 aromatic carbocycles. The smallest absolute Gasteiger partial charge is 0.170 e. The van der Waals surface area contributed by atoms with Crippen LogP contribution in [0.3, 0.4) is 0 Å². The Balaban J connectivity index is 1.18. The monoisotopic (exact) mass is 506 g/mol. The first kappa shape index (κ1) is 24.4. The van der Waals surface area contributed by atoms with Crippen molar-refractivity contribution < 1.29 is 9.13 Å². The van der Waals surface area contributed by atoms with Crippen molar-refractivity contribution in [3.63, 3.8) is 0 Å². The molecule has 6 rings (SSSR count). The van der Waals surface area contributed by atoms with Crippen LogP contribution in [0.2, 0.25) is 0 Å². The molecule has 0 amide bonds. The normalized spacial score (nSPS) is 24.0. The third-order valence-electron chi connectivity index (χ3n) is 8.37. The number of rotatable bonds is 6. The van der Waals surface area contributed by atoms with Gasteiger partial charge in [0.15, 0.2) is 36.9 Å². The second-order valence-electron chi connectivity index (χ2n) is 10.7. The van der Waals surface area contributed by atoms with Crippen LogP contribution in [-0.4, -0.2) is 10.5 Å². The molecule has 2 nitrogen and oxygen atoms in total. The van der Waals surface area contributed by atoms with Crippen molar-refractivity contribution in [2.75, 3.05) is 0 Å². The Kier molecular flexibility index (Phi) is 7.69. The van der Waals surface area contributed by atoms with Crippen molar-refractivity contribution in [1.82, 2.24) is 0 Å². The Morgan fingerprint density at radius 2 is 0.784 bits per heavy atom. The van der Waals surface area contributed by atoms with Crippen LogP contribution in [0.5, 0.6) is 0 Å². The molecule has 2 heterocycles. The summed E-state index contributed by atoms with van der Waals surface area (Å²) in [6.07, 6.45) is 20.0. The summed E-state index contributed by atoms with van der Waals surface area (Å²) in [5.74, 6) is 0. The molecule has 4 aromatic rings. The lowest BCUT2D eigenvalue weighted by molar-refractivity contribution is -0.725. The number of hydrogen-bond acceptors (Lipinski definition) is 1. The molecule has 0 saturated heterocycles. The fourth-order valence-electron chi connectivity index (χ4n) is 6.34. The van der Waals surface area contributed by atoms with Gasteiger partial charge in [-0.15, -0.1) is 11.8 Å². The molecular formula is C34H38N2S+2. The molecule has 0 N–H and O–H groups in total. The summed E-state index contributed by atoms with van der Waals surface area (Å²) in [6.45, 7) is 0. The molecule has 37 heavy (non-hydrogen) atoms. The van der Waals surface area contributed by atoms with Gasteiger partial charge in [0.25, 0.3) is 0 Å². The lowest BCUT2D eigenvalue weighted by Gasteiger charge is -2.33. The summed E-state index contributed by atoms with van der Waals surface area (Å²) >= 11 is 2.31. The van der Waals surface area contributed by atoms with Gasteiger partial charge in [-0.25, -0.2) is 9.13 Å². The van der Waals surface area contributed by atoms with Gasteiger partial charge < -0.3 is 0 Å². The van der Waals surface area contributed by atoms with E-state index in [-0.39, 0.29) is 0 Å². The van der Waals surface area contributed by atoms with Crippen LogP contribution in [-0.2, 0) is 0 Å². The third kappa shape index (κ3) is 5.67. The topological polar surface area (TPSA) is 7.76 Å². The lowest BCUT2D eigenvalue weighted by atomic mass is 9.93. The van der Waals surface area contributed by atoms with Gasteiger partial charge in [-0.2, -0.15) is 0 Å². The number of aromatic nitrogens is 2. The maximum absolute atomic E-state index is 2.52. The van der Waals surface area contributed by atoms with Crippen molar-refractivity contribution >= 4 is 11.8 Å². The SMILES string of the molecule is c1ccc(-c2cc[n+](C3CCCCC3SC3CCCCC3[n+]3ccc(-c4ccccc4)cc3)cc2)cc1. The maximum Gasteiger partial charge on any atom is 0.170 e. The van der Waals surface area contributed by atoms with Crippen LogP contribution in [0.1, 0.15) is 63.5 Å². The first-order valence-corrected chi connectivity index (χ1v) is 15.1. The van der Waals surface area contributed by atoms with Crippen molar-refractivity contribution in [3.05, 3.63) is 110 Å². The highest BCUT2D eigenvalue weighted by Crippen LogP contribution is 2.42. The fraction of sp³-hybridized carbons (Fsp3) is 0.353. The van der Waals surface area contributed by atoms with Crippen LogP contribution < -0.4 is 9.13 Å². The van der Waals surface area contributed by atoms with Gasteiger partial charge in [0.05, 0.1) is 10.5 Å². The Morgan fingerprint density at radius 3 is 1.19 bits per heavy atom. The fourth-order valence-corrected chi connectivity index (χ4v) is 8.31. The van der Waals surface area contributed by atoms with Crippen molar-refractivity contribution in [3.8, 4) is 22.3 Å². The summed E-state index contributed by atoms with van der Waals surface area (Å²) < 4.78 is 5.03. The minimum atomic E-state index is 0.594. The first-order valence-electron chi connectivity index (χ1n) is 14.1. The molecule has 2 aromatic heterocycles. The number of nitrogens with zero attached hydrogens (tertiary/aromatic N) is 2. The largest absolute Gasteiger partial charge is 0.201 e. The number of benzene rings is 2. The average molecular weight is 507 g/mol. The standard InChI is InChI=1S/C34H38N2S/c1-3-11-27(12-4-1)29-19-23-35(24-20-29)31-15-7-9-17-33(31)37-34-18-10-8-16-32(34)36-25-21-30(22-26-36)28-13-5-2-6-14-28/h1-6,11-14,19-26,31-34H,7-10,15-18H2/q+2. The van der Waals surface area contributed by atoms with E-state index < -0.39 is 0 Å². The van der Waals surface area contributed by atoms with Crippen LogP contribution in [0.25, 0.3) is 22.3 Å². The zero-order valence-corrected chi connectivity index (χ0v) is 22.5. The van der Waals surface area contributed by atoms with E-state index in [1.165, 1.54) is 73.6 Å². The highest BCUT2D eigenvalue weighted by atomic mass is 32.2. The number of thioether (sulfide) groups is 1. The highest BCUT2D eigenvalue weighted by Gasteiger charge is 2.40. The van der Waals surface area contributed by atoms with E-state index in [2.05, 4.69) is 131 Å². The van der Waals surface area contributed by atoms with Gasteiger partial charge in [-0.1, -0.05) is 73.5 Å². The van der Waals surface area contributed by atoms with E-state index >= 15 is 0 Å². The lowest BCUT2D eigenvalue weighted by Crippen LogP contribution is -2.49. The number of pyridine rings is 2. The molecule has 2 fully saturated rings. The van der Waals surface area contributed by atoms with Crippen LogP contribution in [0.4, 0.5) is 0 Å². The van der Waals surface area contributed by atoms with E-state index in [1.54, 1.807) is 0 Å². The second kappa shape index (κ2) is 11.6. The molecule has 2 aliphatic carbocycles. The van der Waals surface area contributed by atoms with Crippen molar-refractivity contribution in [1.29, 1.82) is 0 Å². The van der Waals surface area contributed by atoms with Gasteiger partial charge in [0.1, 0.15) is 0 Å². The van der Waals surface area contributed by atoms with Crippen LogP contribution >= 0.6 is 11.8 Å². The van der Waals surface area contributed by atoms with E-state index in [4.69, 9.17) is 0 Å². The van der Waals surface area contributed by atoms with Crippen molar-refractivity contribution in [2.45, 2.75) is 74.0 Å². The third-order valence-corrected chi connectivity index (χ3v) is 10.2. The van der Waals surface area contributed by atoms with Gasteiger partial charge in [0.2, 0.25) is 0 Å². The van der Waals surface area contributed by atoms with Gasteiger partial charge in [-0.05, 0) is 47.9 Å². The average Bonchev–Trinajstić information content (AvgIpc) is 2.99. The molecule has 2 aliphatic rings. The molecule has 4 unspecified atom stereocenters. The van der Waals surface area contributed by atoms with E-state index in [1.807, 2.05) is 0 Å². The first-order chi connectivity index (χ1) is 18.3. The van der Waals surface area contributed by atoms with E-state index in [0.29, 0.717) is 22.6 Å². The second-order valence-corrected chi connectivity index (χ2v) is 12.2. The Labute approximate surface area is 226 Å². The molecule has 188 valence electrons. The molecule has 0 spiro atoms. The maximum atomic E-state index is 2.52. The Hall–Kier alpha value is -2.91. The zero-order valence-electron chi connectivity index (χ0n) is 21.7. The predicted octanol–water partition coefficient (Wildman–Crippen LogP) is 8.00. The summed E-state index contributed by atoms with van der Waals surface area (Å²) in [5, 5.41) is 1.38. The van der Waals surface area contributed by atoms with Crippen LogP contribution in [0, 0.1) is 0 Å². The molecule has 4 atom stereocenters. The molecule has 0 bridgehead atoms. The molecule has 0 radical (unpaired) electrons. The zero-order chi connectivity index (χ0) is 24.9. The quantitative estimate of drug-likeness (QED) is 0.240. The molecular weight excluding hydrogens is 468 g/mol. The summed E-state index contributed by atoms with van der Waals surface area (Å²) in [5.41, 5.74) is 5.20. The van der Waals surface area contributed by atoms with E-state index in [9.17, 15) is 0 Å². The highest BCUT2D eigenvalue weighted by molar-refractivity contribution is 8.00. The minimum absolute atomic E-state index is 0.594. The summed E-state index contributed by atoms with van der Waals surface area (Å²) in [6, 6.07) is 31.9. The van der Waals surface area contributed by atoms with Crippen molar-refractivity contribution in [2.24, 2.45) is 0 Å². The summed E-state index contributed by atoms with van der Waals surface area (Å²) in [4.78, 5) is 0. The molecule has 2 saturated carbocycles. The number of hydrogen-bond donors (Lipinski definition) is 0. The Morgan fingerprint density at radius 1 is 0.432 bits per heavy atom. The Bertz CT molecular complexity index is 1150. The van der Waals surface area contributed by atoms with Gasteiger partial charge in [-0.3, -0.25) is 0 Å². The minimum Gasteiger partial charge on any atom is -0.201 e. The summed E-state index contributed by atoms with van der Waals surface area (Å²) in [7, 11) is 0. The molecule has 3 heteroatoms. The van der Waals surface area contributed by atoms with Gasteiger partial charge >= 0.3 is 0 Å². The van der Waals surface area contributed by atoms with Crippen LogP contribution in [0.15, 0.2) is 110 Å². The predicted molar refractivity (Wildman–Crippen MR) is 154 cm³/mol. The molecule has 0 aliphatic heterocycles. The van der Waals surface area contributed by atoms with E-state index in [0.717, 1.165) is 0 Å².